The van der Waals surface area contributed by atoms with Crippen LogP contribution < -0.4 is 0 Å². The Morgan fingerprint density at radius 1 is 1.10 bits per heavy atom. The lowest BCUT2D eigenvalue weighted by Gasteiger charge is -2.36. The quantitative estimate of drug-likeness (QED) is 0.541. The van der Waals surface area contributed by atoms with Crippen LogP contribution >= 0.6 is 23.2 Å². The molecule has 1 unspecified atom stereocenters. The highest BCUT2D eigenvalue weighted by Gasteiger charge is 2.29. The monoisotopic (exact) mass is 448 g/mol. The van der Waals surface area contributed by atoms with Crippen molar-refractivity contribution in [3.8, 4) is 11.4 Å². The third-order valence-electron chi connectivity index (χ3n) is 5.22. The van der Waals surface area contributed by atoms with Crippen LogP contribution in [0, 0.1) is 5.82 Å². The van der Waals surface area contributed by atoms with Crippen molar-refractivity contribution < 1.29 is 13.7 Å². The van der Waals surface area contributed by atoms with Gasteiger partial charge in [0.15, 0.2) is 0 Å². The van der Waals surface area contributed by atoms with Crippen molar-refractivity contribution >= 4 is 29.1 Å². The first-order chi connectivity index (χ1) is 14.4. The van der Waals surface area contributed by atoms with Crippen molar-refractivity contribution in [2.45, 2.75) is 13.0 Å². The van der Waals surface area contributed by atoms with E-state index in [0.29, 0.717) is 37.9 Å². The number of carbonyl (C=O) groups is 1. The second-order valence-corrected chi connectivity index (χ2v) is 7.89. The van der Waals surface area contributed by atoms with Gasteiger partial charge in [-0.3, -0.25) is 9.69 Å². The number of amides is 1. The predicted octanol–water partition coefficient (Wildman–Crippen LogP) is 4.70. The number of hydrogen-bond acceptors (Lipinski definition) is 5. The molecule has 9 heteroatoms. The minimum Gasteiger partial charge on any atom is -0.337 e. The molecule has 1 atom stereocenters. The molecule has 2 heterocycles. The normalized spacial score (nSPS) is 15.9. The third kappa shape index (κ3) is 4.19. The Bertz CT molecular complexity index is 1050. The van der Waals surface area contributed by atoms with Crippen molar-refractivity contribution in [1.29, 1.82) is 0 Å². The molecule has 0 N–H and O–H groups in total. The van der Waals surface area contributed by atoms with Gasteiger partial charge < -0.3 is 9.42 Å². The third-order valence-corrected chi connectivity index (χ3v) is 5.82. The summed E-state index contributed by atoms with van der Waals surface area (Å²) in [5.41, 5.74) is 1.01. The van der Waals surface area contributed by atoms with Crippen LogP contribution in [-0.4, -0.2) is 52.0 Å². The highest BCUT2D eigenvalue weighted by Crippen LogP contribution is 2.27. The molecule has 3 aromatic rings. The maximum absolute atomic E-state index is 13.8. The number of piperazine rings is 1. The van der Waals surface area contributed by atoms with E-state index in [9.17, 15) is 9.18 Å². The van der Waals surface area contributed by atoms with Gasteiger partial charge in [-0.25, -0.2) is 4.39 Å². The summed E-state index contributed by atoms with van der Waals surface area (Å²) in [6, 6.07) is 11.9. The fourth-order valence-electron chi connectivity index (χ4n) is 3.43. The van der Waals surface area contributed by atoms with Crippen molar-refractivity contribution in [3.05, 3.63) is 69.8 Å². The van der Waals surface area contributed by atoms with Gasteiger partial charge in [0.1, 0.15) is 5.82 Å². The van der Waals surface area contributed by atoms with Gasteiger partial charge in [0.05, 0.1) is 21.7 Å². The van der Waals surface area contributed by atoms with Gasteiger partial charge in [-0.15, -0.1) is 0 Å². The minimum absolute atomic E-state index is 0.0937. The molecule has 2 aromatic carbocycles. The lowest BCUT2D eigenvalue weighted by Crippen LogP contribution is -2.49. The Balaban J connectivity index is 1.40. The Hall–Kier alpha value is -2.48. The fraction of sp³-hybridized carbons (Fsp3) is 0.286. The Morgan fingerprint density at radius 3 is 2.50 bits per heavy atom. The van der Waals surface area contributed by atoms with E-state index in [1.54, 1.807) is 4.90 Å². The maximum atomic E-state index is 13.8. The summed E-state index contributed by atoms with van der Waals surface area (Å²) in [5, 5.41) is 4.11. The summed E-state index contributed by atoms with van der Waals surface area (Å²) >= 11 is 11.8. The van der Waals surface area contributed by atoms with Gasteiger partial charge in [-0.2, -0.15) is 4.98 Å². The van der Waals surface area contributed by atoms with E-state index >= 15 is 0 Å². The molecular formula is C21H19Cl2FN4O2. The predicted molar refractivity (Wildman–Crippen MR) is 112 cm³/mol. The first-order valence-electron chi connectivity index (χ1n) is 9.51. The highest BCUT2D eigenvalue weighted by atomic mass is 35.5. The van der Waals surface area contributed by atoms with Crippen LogP contribution in [0.3, 0.4) is 0 Å². The van der Waals surface area contributed by atoms with Crippen molar-refractivity contribution in [1.82, 2.24) is 19.9 Å². The van der Waals surface area contributed by atoms with Gasteiger partial charge in [0, 0.05) is 31.7 Å². The topological polar surface area (TPSA) is 62.5 Å². The van der Waals surface area contributed by atoms with Crippen LogP contribution in [0.25, 0.3) is 11.4 Å². The van der Waals surface area contributed by atoms with Crippen LogP contribution in [0.15, 0.2) is 47.0 Å². The molecule has 1 amide bonds. The molecule has 0 bridgehead atoms. The summed E-state index contributed by atoms with van der Waals surface area (Å²) in [6.07, 6.45) is 0. The van der Waals surface area contributed by atoms with E-state index in [1.807, 2.05) is 37.3 Å². The van der Waals surface area contributed by atoms with Gasteiger partial charge in [-0.05, 0) is 19.1 Å². The van der Waals surface area contributed by atoms with Crippen LogP contribution in [0.4, 0.5) is 4.39 Å². The van der Waals surface area contributed by atoms with Crippen LogP contribution in [-0.2, 0) is 0 Å². The number of aromatic nitrogens is 2. The molecular weight excluding hydrogens is 430 g/mol. The zero-order valence-electron chi connectivity index (χ0n) is 16.2. The molecule has 30 heavy (non-hydrogen) atoms. The average Bonchev–Trinajstić information content (AvgIpc) is 3.26. The molecule has 6 nitrogen and oxygen atoms in total. The molecule has 1 fully saturated rings. The zero-order valence-corrected chi connectivity index (χ0v) is 17.7. The van der Waals surface area contributed by atoms with Gasteiger partial charge in [0.25, 0.3) is 5.91 Å². The summed E-state index contributed by atoms with van der Waals surface area (Å²) in [5.74, 6) is 0.0939. The number of carbonyl (C=O) groups excluding carboxylic acids is 1. The van der Waals surface area contributed by atoms with E-state index in [-0.39, 0.29) is 27.6 Å². The van der Waals surface area contributed by atoms with E-state index in [2.05, 4.69) is 15.0 Å². The van der Waals surface area contributed by atoms with Crippen LogP contribution in [0.1, 0.15) is 29.2 Å². The second-order valence-electron chi connectivity index (χ2n) is 7.07. The van der Waals surface area contributed by atoms with Crippen molar-refractivity contribution in [2.24, 2.45) is 0 Å². The average molecular weight is 449 g/mol. The van der Waals surface area contributed by atoms with Crippen LogP contribution in [0.2, 0.25) is 10.0 Å². The van der Waals surface area contributed by atoms with Gasteiger partial charge in [-0.1, -0.05) is 58.7 Å². The molecule has 0 saturated carbocycles. The summed E-state index contributed by atoms with van der Waals surface area (Å²) < 4.78 is 19.2. The van der Waals surface area contributed by atoms with Crippen molar-refractivity contribution in [2.75, 3.05) is 26.2 Å². The second kappa shape index (κ2) is 8.71. The molecule has 1 aromatic heterocycles. The van der Waals surface area contributed by atoms with Gasteiger partial charge >= 0.3 is 0 Å². The van der Waals surface area contributed by atoms with E-state index in [4.69, 9.17) is 27.7 Å². The number of benzene rings is 2. The molecule has 0 spiro atoms. The Labute approximate surface area is 183 Å². The number of rotatable bonds is 4. The molecule has 1 aliphatic rings. The zero-order chi connectivity index (χ0) is 21.3. The molecule has 1 saturated heterocycles. The Kier molecular flexibility index (Phi) is 6.04. The van der Waals surface area contributed by atoms with E-state index in [1.165, 1.54) is 6.07 Å². The lowest BCUT2D eigenvalue weighted by atomic mass is 10.1. The van der Waals surface area contributed by atoms with Crippen molar-refractivity contribution in [3.63, 3.8) is 0 Å². The van der Waals surface area contributed by atoms with Crippen LogP contribution in [0.5, 0.6) is 0 Å². The molecule has 1 aliphatic heterocycles. The summed E-state index contributed by atoms with van der Waals surface area (Å²) in [7, 11) is 0. The van der Waals surface area contributed by atoms with E-state index < -0.39 is 5.82 Å². The SMILES string of the molecule is CC(c1nc(-c2ccccc2)no1)N1CCN(C(=O)c2cc(F)c(Cl)cc2Cl)CC1. The molecule has 4 rings (SSSR count). The molecule has 156 valence electrons. The van der Waals surface area contributed by atoms with E-state index in [0.717, 1.165) is 11.6 Å². The fourth-order valence-corrected chi connectivity index (χ4v) is 3.90. The molecule has 0 radical (unpaired) electrons. The minimum atomic E-state index is -0.665. The van der Waals surface area contributed by atoms with Gasteiger partial charge in [0.2, 0.25) is 11.7 Å². The lowest BCUT2D eigenvalue weighted by molar-refractivity contribution is 0.0551. The maximum Gasteiger partial charge on any atom is 0.255 e. The standard InChI is InChI=1S/C21H19Cl2FN4O2/c1-13(20-25-19(26-30-20)14-5-3-2-4-6-14)27-7-9-28(10-8-27)21(29)15-11-18(24)17(23)12-16(15)22/h2-6,11-13H,7-10H2,1H3. The summed E-state index contributed by atoms with van der Waals surface area (Å²) in [4.78, 5) is 21.1. The first-order valence-corrected chi connectivity index (χ1v) is 10.3. The highest BCUT2D eigenvalue weighted by molar-refractivity contribution is 6.36. The number of hydrogen-bond donors (Lipinski definition) is 0. The largest absolute Gasteiger partial charge is 0.337 e. The number of nitrogens with zero attached hydrogens (tertiary/aromatic N) is 4. The first kappa shape index (κ1) is 20.8. The smallest absolute Gasteiger partial charge is 0.255 e. The number of halogens is 3. The summed E-state index contributed by atoms with van der Waals surface area (Å²) in [6.45, 7) is 4.17. The Morgan fingerprint density at radius 2 is 1.80 bits per heavy atom. The molecule has 0 aliphatic carbocycles.